The number of amides is 1. The summed E-state index contributed by atoms with van der Waals surface area (Å²) in [6.07, 6.45) is -0.330. The summed E-state index contributed by atoms with van der Waals surface area (Å²) in [7, 11) is 0. The van der Waals surface area contributed by atoms with E-state index in [-0.39, 0.29) is 6.09 Å². The van der Waals surface area contributed by atoms with E-state index in [0.717, 1.165) is 5.56 Å². The van der Waals surface area contributed by atoms with E-state index >= 15 is 0 Å². The van der Waals surface area contributed by atoms with E-state index in [9.17, 15) is 14.7 Å². The van der Waals surface area contributed by atoms with Crippen LogP contribution < -0.4 is 0 Å². The van der Waals surface area contributed by atoms with Gasteiger partial charge < -0.3 is 14.7 Å². The lowest BCUT2D eigenvalue weighted by molar-refractivity contribution is -0.144. The SMILES string of the molecule is CCOC(=O)N1CCN(C(C(=O)O)c2ccccc2)CC1. The second-order valence-electron chi connectivity index (χ2n) is 4.87. The van der Waals surface area contributed by atoms with Crippen LogP contribution in [0, 0.1) is 0 Å². The van der Waals surface area contributed by atoms with Crippen LogP contribution in [0.25, 0.3) is 0 Å². The van der Waals surface area contributed by atoms with Crippen molar-refractivity contribution in [2.45, 2.75) is 13.0 Å². The third-order valence-electron chi connectivity index (χ3n) is 3.55. The molecule has 1 aromatic carbocycles. The molecule has 0 saturated carbocycles. The molecule has 1 saturated heterocycles. The number of carbonyl (C=O) groups excluding carboxylic acids is 1. The average molecular weight is 292 g/mol. The largest absolute Gasteiger partial charge is 0.480 e. The fourth-order valence-corrected chi connectivity index (χ4v) is 2.52. The van der Waals surface area contributed by atoms with Gasteiger partial charge in [-0.25, -0.2) is 4.79 Å². The highest BCUT2D eigenvalue weighted by atomic mass is 16.6. The van der Waals surface area contributed by atoms with Crippen LogP contribution in [0.2, 0.25) is 0 Å². The van der Waals surface area contributed by atoms with Gasteiger partial charge in [-0.2, -0.15) is 0 Å². The van der Waals surface area contributed by atoms with Crippen molar-refractivity contribution in [1.29, 1.82) is 0 Å². The first-order valence-corrected chi connectivity index (χ1v) is 7.07. The van der Waals surface area contributed by atoms with Gasteiger partial charge in [0.15, 0.2) is 0 Å². The predicted octanol–water partition coefficient (Wildman–Crippen LogP) is 1.59. The number of hydrogen-bond donors (Lipinski definition) is 1. The summed E-state index contributed by atoms with van der Waals surface area (Å²) in [5.74, 6) is -0.870. The highest BCUT2D eigenvalue weighted by Crippen LogP contribution is 2.22. The smallest absolute Gasteiger partial charge is 0.409 e. The highest BCUT2D eigenvalue weighted by molar-refractivity contribution is 5.75. The predicted molar refractivity (Wildman–Crippen MR) is 77.0 cm³/mol. The van der Waals surface area contributed by atoms with Gasteiger partial charge in [0.1, 0.15) is 6.04 Å². The van der Waals surface area contributed by atoms with Crippen molar-refractivity contribution in [2.24, 2.45) is 0 Å². The average Bonchev–Trinajstić information content (AvgIpc) is 2.49. The molecule has 1 N–H and O–H groups in total. The molecule has 1 amide bonds. The van der Waals surface area contributed by atoms with Crippen LogP contribution in [-0.4, -0.2) is 59.8 Å². The molecule has 0 bridgehead atoms. The van der Waals surface area contributed by atoms with Crippen molar-refractivity contribution in [3.05, 3.63) is 35.9 Å². The van der Waals surface area contributed by atoms with Gasteiger partial charge in [-0.3, -0.25) is 9.69 Å². The maximum Gasteiger partial charge on any atom is 0.409 e. The number of carboxylic acids is 1. The third-order valence-corrected chi connectivity index (χ3v) is 3.55. The van der Waals surface area contributed by atoms with Crippen molar-refractivity contribution in [1.82, 2.24) is 9.80 Å². The van der Waals surface area contributed by atoms with E-state index in [2.05, 4.69) is 0 Å². The number of piperazine rings is 1. The van der Waals surface area contributed by atoms with E-state index in [1.807, 2.05) is 35.2 Å². The first-order chi connectivity index (χ1) is 10.1. The summed E-state index contributed by atoms with van der Waals surface area (Å²) in [4.78, 5) is 26.7. The van der Waals surface area contributed by atoms with Crippen LogP contribution in [0.5, 0.6) is 0 Å². The van der Waals surface area contributed by atoms with Gasteiger partial charge in [0, 0.05) is 26.2 Å². The Morgan fingerprint density at radius 2 is 1.81 bits per heavy atom. The van der Waals surface area contributed by atoms with E-state index < -0.39 is 12.0 Å². The number of benzene rings is 1. The Balaban J connectivity index is 2.02. The lowest BCUT2D eigenvalue weighted by Crippen LogP contribution is -2.51. The lowest BCUT2D eigenvalue weighted by atomic mass is 10.0. The van der Waals surface area contributed by atoms with E-state index in [4.69, 9.17) is 4.74 Å². The van der Waals surface area contributed by atoms with E-state index in [1.165, 1.54) is 0 Å². The molecule has 6 nitrogen and oxygen atoms in total. The van der Waals surface area contributed by atoms with Gasteiger partial charge in [-0.1, -0.05) is 30.3 Å². The van der Waals surface area contributed by atoms with Crippen molar-refractivity contribution in [2.75, 3.05) is 32.8 Å². The fraction of sp³-hybridized carbons (Fsp3) is 0.467. The summed E-state index contributed by atoms with van der Waals surface area (Å²) in [5.41, 5.74) is 0.759. The monoisotopic (exact) mass is 292 g/mol. The Bertz CT molecular complexity index is 484. The van der Waals surface area contributed by atoms with Gasteiger partial charge in [-0.15, -0.1) is 0 Å². The quantitative estimate of drug-likeness (QED) is 0.912. The topological polar surface area (TPSA) is 70.1 Å². The zero-order chi connectivity index (χ0) is 15.2. The number of aliphatic carboxylic acids is 1. The molecule has 6 heteroatoms. The molecule has 0 aromatic heterocycles. The minimum Gasteiger partial charge on any atom is -0.480 e. The maximum absolute atomic E-state index is 11.6. The van der Waals surface area contributed by atoms with Crippen molar-refractivity contribution in [3.63, 3.8) is 0 Å². The molecule has 1 fully saturated rings. The first-order valence-electron chi connectivity index (χ1n) is 7.07. The van der Waals surface area contributed by atoms with Gasteiger partial charge in [0.2, 0.25) is 0 Å². The van der Waals surface area contributed by atoms with Crippen molar-refractivity contribution < 1.29 is 19.4 Å². The van der Waals surface area contributed by atoms with Crippen molar-refractivity contribution in [3.8, 4) is 0 Å². The number of ether oxygens (including phenoxy) is 1. The molecular formula is C15H20N2O4. The molecule has 2 rings (SSSR count). The van der Waals surface area contributed by atoms with Crippen LogP contribution >= 0.6 is 0 Å². The Hall–Kier alpha value is -2.08. The highest BCUT2D eigenvalue weighted by Gasteiger charge is 2.31. The normalized spacial score (nSPS) is 17.3. The molecular weight excluding hydrogens is 272 g/mol. The number of rotatable bonds is 4. The molecule has 1 unspecified atom stereocenters. The molecule has 0 aliphatic carbocycles. The Morgan fingerprint density at radius 3 is 2.33 bits per heavy atom. The van der Waals surface area contributed by atoms with Crippen LogP contribution in [0.15, 0.2) is 30.3 Å². The number of carbonyl (C=O) groups is 2. The van der Waals surface area contributed by atoms with E-state index in [1.54, 1.807) is 11.8 Å². The summed E-state index contributed by atoms with van der Waals surface area (Å²) in [6, 6.07) is 8.49. The van der Waals surface area contributed by atoms with Crippen LogP contribution in [0.4, 0.5) is 4.79 Å². The third kappa shape index (κ3) is 3.72. The summed E-state index contributed by atoms with van der Waals surface area (Å²) in [6.45, 7) is 4.12. The molecule has 1 aromatic rings. The molecule has 114 valence electrons. The molecule has 1 aliphatic heterocycles. The fourth-order valence-electron chi connectivity index (χ4n) is 2.52. The number of hydrogen-bond acceptors (Lipinski definition) is 4. The van der Waals surface area contributed by atoms with Gasteiger partial charge in [-0.05, 0) is 12.5 Å². The number of carboxylic acid groups (broad SMARTS) is 1. The van der Waals surface area contributed by atoms with Gasteiger partial charge >= 0.3 is 12.1 Å². The molecule has 1 aliphatic rings. The van der Waals surface area contributed by atoms with Crippen LogP contribution in [0.1, 0.15) is 18.5 Å². The summed E-state index contributed by atoms with van der Waals surface area (Å²) < 4.78 is 4.96. The second kappa shape index (κ2) is 7.08. The zero-order valence-electron chi connectivity index (χ0n) is 12.1. The Morgan fingerprint density at radius 1 is 1.19 bits per heavy atom. The lowest BCUT2D eigenvalue weighted by Gasteiger charge is -2.37. The second-order valence-corrected chi connectivity index (χ2v) is 4.87. The van der Waals surface area contributed by atoms with Gasteiger partial charge in [0.05, 0.1) is 6.61 Å². The number of nitrogens with zero attached hydrogens (tertiary/aromatic N) is 2. The summed E-state index contributed by atoms with van der Waals surface area (Å²) >= 11 is 0. The summed E-state index contributed by atoms with van der Waals surface area (Å²) in [5, 5.41) is 9.49. The standard InChI is InChI=1S/C15H20N2O4/c1-2-21-15(20)17-10-8-16(9-11-17)13(14(18)19)12-6-4-3-5-7-12/h3-7,13H,2,8-11H2,1H3,(H,18,19). The Kier molecular flexibility index (Phi) is 5.16. The van der Waals surface area contributed by atoms with Crippen LogP contribution in [0.3, 0.4) is 0 Å². The van der Waals surface area contributed by atoms with Crippen molar-refractivity contribution >= 4 is 12.1 Å². The molecule has 1 heterocycles. The van der Waals surface area contributed by atoms with Gasteiger partial charge in [0.25, 0.3) is 0 Å². The van der Waals surface area contributed by atoms with E-state index in [0.29, 0.717) is 32.8 Å². The first kappa shape index (κ1) is 15.3. The molecule has 0 radical (unpaired) electrons. The Labute approximate surface area is 123 Å². The maximum atomic E-state index is 11.6. The molecule has 21 heavy (non-hydrogen) atoms. The molecule has 1 atom stereocenters. The minimum absolute atomic E-state index is 0.330. The zero-order valence-corrected chi connectivity index (χ0v) is 12.1. The van der Waals surface area contributed by atoms with Crippen LogP contribution in [-0.2, 0) is 9.53 Å². The minimum atomic E-state index is -0.870. The molecule has 0 spiro atoms.